The zero-order valence-corrected chi connectivity index (χ0v) is 15.7. The van der Waals surface area contributed by atoms with Gasteiger partial charge < -0.3 is 14.8 Å². The van der Waals surface area contributed by atoms with Crippen molar-refractivity contribution in [2.45, 2.75) is 63.7 Å². The number of aromatic nitrogens is 2. The van der Waals surface area contributed by atoms with Crippen LogP contribution in [-0.2, 0) is 0 Å². The predicted octanol–water partition coefficient (Wildman–Crippen LogP) is 4.38. The Bertz CT molecular complexity index is 733. The zero-order chi connectivity index (χ0) is 17.4. The average molecular weight is 355 g/mol. The molecule has 132 valence electrons. The van der Waals surface area contributed by atoms with Crippen LogP contribution < -0.4 is 5.32 Å². The minimum absolute atomic E-state index is 0.0890. The Labute approximate surface area is 155 Å². The van der Waals surface area contributed by atoms with Crippen LogP contribution >= 0.6 is 12.2 Å². The number of nitrogens with one attached hydrogen (secondary N) is 1. The lowest BCUT2D eigenvalue weighted by Crippen LogP contribution is -2.36. The van der Waals surface area contributed by atoms with Gasteiger partial charge in [-0.1, -0.05) is 18.9 Å². The summed E-state index contributed by atoms with van der Waals surface area (Å²) in [6.45, 7) is 4.43. The van der Waals surface area contributed by atoms with Crippen LogP contribution in [0.1, 0.15) is 69.0 Å². The van der Waals surface area contributed by atoms with Crippen molar-refractivity contribution in [3.05, 3.63) is 54.1 Å². The van der Waals surface area contributed by atoms with Gasteiger partial charge in [0.1, 0.15) is 0 Å². The van der Waals surface area contributed by atoms with Crippen LogP contribution in [0.3, 0.4) is 0 Å². The second-order valence-corrected chi connectivity index (χ2v) is 7.79. The fourth-order valence-corrected chi connectivity index (χ4v) is 4.86. The maximum atomic E-state index is 5.70. The molecule has 0 amide bonds. The maximum Gasteiger partial charge on any atom is 0.170 e. The fraction of sp³-hybridized carbons (Fsp3) is 0.500. The number of nitrogens with zero attached hydrogens (tertiary/aromatic N) is 3. The Kier molecular flexibility index (Phi) is 4.50. The van der Waals surface area contributed by atoms with Crippen molar-refractivity contribution in [1.29, 1.82) is 0 Å². The van der Waals surface area contributed by atoms with E-state index in [9.17, 15) is 0 Å². The lowest BCUT2D eigenvalue weighted by atomic mass is 10.00. The molecule has 1 aliphatic carbocycles. The van der Waals surface area contributed by atoms with Crippen molar-refractivity contribution in [3.63, 3.8) is 0 Å². The van der Waals surface area contributed by atoms with Crippen LogP contribution in [0, 0.1) is 0 Å². The number of pyridine rings is 1. The summed E-state index contributed by atoms with van der Waals surface area (Å²) in [7, 11) is 0. The number of hydrogen-bond acceptors (Lipinski definition) is 2. The lowest BCUT2D eigenvalue weighted by molar-refractivity contribution is 0.254. The van der Waals surface area contributed by atoms with Gasteiger partial charge in [-0.15, -0.1) is 0 Å². The van der Waals surface area contributed by atoms with E-state index in [4.69, 9.17) is 12.2 Å². The minimum Gasteiger partial charge on any atom is -0.352 e. The predicted molar refractivity (Wildman–Crippen MR) is 104 cm³/mol. The number of thiocarbonyl (C=S) groups is 1. The highest BCUT2D eigenvalue weighted by molar-refractivity contribution is 7.80. The second-order valence-electron chi connectivity index (χ2n) is 7.41. The average Bonchev–Trinajstić information content (AvgIpc) is 3.33. The first-order valence-electron chi connectivity index (χ1n) is 9.33. The molecule has 25 heavy (non-hydrogen) atoms. The van der Waals surface area contributed by atoms with Gasteiger partial charge in [0.2, 0.25) is 0 Å². The molecule has 5 heteroatoms. The van der Waals surface area contributed by atoms with E-state index < -0.39 is 0 Å². The molecule has 0 aromatic carbocycles. The summed E-state index contributed by atoms with van der Waals surface area (Å²) in [4.78, 5) is 6.96. The molecule has 0 radical (unpaired) electrons. The van der Waals surface area contributed by atoms with Gasteiger partial charge in [0.25, 0.3) is 0 Å². The highest BCUT2D eigenvalue weighted by atomic mass is 32.1. The highest BCUT2D eigenvalue weighted by Crippen LogP contribution is 2.42. The molecule has 0 bridgehead atoms. The zero-order valence-electron chi connectivity index (χ0n) is 14.9. The van der Waals surface area contributed by atoms with Gasteiger partial charge in [0.15, 0.2) is 5.11 Å². The number of hydrogen-bond donors (Lipinski definition) is 1. The summed E-state index contributed by atoms with van der Waals surface area (Å²) < 4.78 is 2.50. The highest BCUT2D eigenvalue weighted by Gasteiger charge is 2.42. The van der Waals surface area contributed by atoms with Crippen molar-refractivity contribution in [1.82, 2.24) is 19.8 Å². The maximum absolute atomic E-state index is 5.70. The summed E-state index contributed by atoms with van der Waals surface area (Å²) in [5.74, 6) is 0. The van der Waals surface area contributed by atoms with Gasteiger partial charge in [-0.25, -0.2) is 0 Å². The van der Waals surface area contributed by atoms with E-state index in [0.29, 0.717) is 12.1 Å². The smallest absolute Gasteiger partial charge is 0.170 e. The van der Waals surface area contributed by atoms with Gasteiger partial charge in [-0.3, -0.25) is 4.98 Å². The van der Waals surface area contributed by atoms with Crippen LogP contribution in [0.2, 0.25) is 0 Å². The van der Waals surface area contributed by atoms with E-state index in [1.54, 1.807) is 0 Å². The molecule has 2 aromatic heterocycles. The third-order valence-electron chi connectivity index (χ3n) is 5.52. The first-order valence-corrected chi connectivity index (χ1v) is 9.74. The molecule has 3 heterocycles. The Morgan fingerprint density at radius 3 is 2.64 bits per heavy atom. The van der Waals surface area contributed by atoms with E-state index in [-0.39, 0.29) is 12.1 Å². The molecular weight excluding hydrogens is 328 g/mol. The standard InChI is InChI=1S/C20H26N4S/c1-14(2)24-19(17-11-7-13-23(17)15-8-3-4-9-15)18(22-20(24)25)16-10-5-6-12-21-16/h5-7,10-15,18-19H,3-4,8-9H2,1-2H3,(H,22,25)/t18-,19-/m1/s1. The van der Waals surface area contributed by atoms with E-state index in [1.807, 2.05) is 12.3 Å². The van der Waals surface area contributed by atoms with Crippen LogP contribution in [0.5, 0.6) is 0 Å². The monoisotopic (exact) mass is 354 g/mol. The number of rotatable bonds is 4. The van der Waals surface area contributed by atoms with Crippen LogP contribution in [0.4, 0.5) is 0 Å². The van der Waals surface area contributed by atoms with Crippen molar-refractivity contribution in [2.24, 2.45) is 0 Å². The van der Waals surface area contributed by atoms with E-state index in [0.717, 1.165) is 10.8 Å². The Balaban J connectivity index is 1.77. The van der Waals surface area contributed by atoms with Gasteiger partial charge in [0.05, 0.1) is 17.8 Å². The third-order valence-corrected chi connectivity index (χ3v) is 5.85. The van der Waals surface area contributed by atoms with E-state index in [2.05, 4.69) is 64.1 Å². The molecule has 0 unspecified atom stereocenters. The molecular formula is C20H26N4S. The Hall–Kier alpha value is -1.88. The van der Waals surface area contributed by atoms with Crippen LogP contribution in [0.15, 0.2) is 42.7 Å². The molecule has 1 aliphatic heterocycles. The quantitative estimate of drug-likeness (QED) is 0.826. The summed E-state index contributed by atoms with van der Waals surface area (Å²) >= 11 is 5.70. The van der Waals surface area contributed by atoms with Crippen molar-refractivity contribution in [2.75, 3.05) is 0 Å². The summed E-state index contributed by atoms with van der Waals surface area (Å²) in [5.41, 5.74) is 2.40. The van der Waals surface area contributed by atoms with Crippen molar-refractivity contribution in [3.8, 4) is 0 Å². The first kappa shape index (κ1) is 16.6. The lowest BCUT2D eigenvalue weighted by Gasteiger charge is -2.32. The molecule has 2 aliphatic rings. The van der Waals surface area contributed by atoms with Gasteiger partial charge in [-0.2, -0.15) is 0 Å². The Morgan fingerprint density at radius 1 is 1.16 bits per heavy atom. The van der Waals surface area contributed by atoms with Crippen LogP contribution in [0.25, 0.3) is 0 Å². The minimum atomic E-state index is 0.0890. The largest absolute Gasteiger partial charge is 0.352 e. The van der Waals surface area contributed by atoms with Crippen LogP contribution in [-0.4, -0.2) is 25.6 Å². The van der Waals surface area contributed by atoms with Gasteiger partial charge >= 0.3 is 0 Å². The summed E-state index contributed by atoms with van der Waals surface area (Å²) in [6, 6.07) is 11.8. The Morgan fingerprint density at radius 2 is 1.96 bits per heavy atom. The van der Waals surface area contributed by atoms with Gasteiger partial charge in [-0.05, 0) is 63.2 Å². The molecule has 1 saturated carbocycles. The molecule has 2 fully saturated rings. The topological polar surface area (TPSA) is 33.1 Å². The van der Waals surface area contributed by atoms with Gasteiger partial charge in [0, 0.05) is 30.2 Å². The summed E-state index contributed by atoms with van der Waals surface area (Å²) in [5, 5.41) is 4.37. The second kappa shape index (κ2) is 6.79. The van der Waals surface area contributed by atoms with Crippen molar-refractivity contribution >= 4 is 17.3 Å². The molecule has 1 N–H and O–H groups in total. The molecule has 1 saturated heterocycles. The summed E-state index contributed by atoms with van der Waals surface area (Å²) in [6.07, 6.45) is 9.35. The molecule has 0 spiro atoms. The molecule has 4 nitrogen and oxygen atoms in total. The van der Waals surface area contributed by atoms with Crippen molar-refractivity contribution < 1.29 is 0 Å². The molecule has 4 rings (SSSR count). The molecule has 2 aromatic rings. The normalized spacial score (nSPS) is 24.3. The SMILES string of the molecule is CC(C)N1C(=S)N[C@H](c2ccccn2)[C@H]1c1cccn1C1CCCC1. The van der Waals surface area contributed by atoms with E-state index in [1.165, 1.54) is 31.4 Å². The fourth-order valence-electron chi connectivity index (χ4n) is 4.41. The van der Waals surface area contributed by atoms with E-state index >= 15 is 0 Å². The molecule has 2 atom stereocenters. The third kappa shape index (κ3) is 2.95. The first-order chi connectivity index (χ1) is 12.2.